The van der Waals surface area contributed by atoms with Crippen LogP contribution in [0.4, 0.5) is 5.69 Å². The predicted octanol–water partition coefficient (Wildman–Crippen LogP) is 3.56. The van der Waals surface area contributed by atoms with Crippen LogP contribution in [0.3, 0.4) is 0 Å². The van der Waals surface area contributed by atoms with Gasteiger partial charge < -0.3 is 19.7 Å². The normalized spacial score (nSPS) is 17.4. The van der Waals surface area contributed by atoms with E-state index in [-0.39, 0.29) is 25.2 Å². The standard InChI is InChI=1S/C18H14BrClN2O4/c1-9(23)21-17-12-5-11(19)2-3-14(12)22(18(17)24)7-10-4-15-16(6-13(10)20)26-8-25-15/h2-6,17H,7-8H2,1H3,(H,21,23)/t17-/m0/s1. The summed E-state index contributed by atoms with van der Waals surface area (Å²) in [6.07, 6.45) is 0. The van der Waals surface area contributed by atoms with Crippen molar-refractivity contribution < 1.29 is 19.1 Å². The zero-order valence-electron chi connectivity index (χ0n) is 13.7. The summed E-state index contributed by atoms with van der Waals surface area (Å²) in [5, 5.41) is 3.21. The minimum Gasteiger partial charge on any atom is -0.454 e. The third kappa shape index (κ3) is 2.91. The van der Waals surface area contributed by atoms with E-state index in [1.807, 2.05) is 18.2 Å². The number of hydrogen-bond donors (Lipinski definition) is 1. The monoisotopic (exact) mass is 436 g/mol. The van der Waals surface area contributed by atoms with E-state index in [2.05, 4.69) is 21.2 Å². The summed E-state index contributed by atoms with van der Waals surface area (Å²) in [6.45, 7) is 1.81. The van der Waals surface area contributed by atoms with Gasteiger partial charge in [-0.2, -0.15) is 0 Å². The molecule has 2 aliphatic rings. The molecule has 2 amide bonds. The van der Waals surface area contributed by atoms with Crippen molar-refractivity contribution in [1.29, 1.82) is 0 Å². The summed E-state index contributed by atoms with van der Waals surface area (Å²) >= 11 is 9.77. The molecule has 0 saturated heterocycles. The molecule has 0 saturated carbocycles. The molecule has 1 atom stereocenters. The highest BCUT2D eigenvalue weighted by atomic mass is 79.9. The van der Waals surface area contributed by atoms with Crippen LogP contribution in [0.2, 0.25) is 5.02 Å². The SMILES string of the molecule is CC(=O)N[C@@H]1C(=O)N(Cc2cc3c(cc2Cl)OCO3)c2ccc(Br)cc21. The number of benzene rings is 2. The summed E-state index contributed by atoms with van der Waals surface area (Å²) in [5.41, 5.74) is 2.23. The fourth-order valence-electron chi connectivity index (χ4n) is 3.17. The second kappa shape index (κ2) is 6.48. The summed E-state index contributed by atoms with van der Waals surface area (Å²) in [6, 6.07) is 8.30. The van der Waals surface area contributed by atoms with Crippen LogP contribution in [-0.2, 0) is 16.1 Å². The molecule has 2 heterocycles. The molecule has 1 N–H and O–H groups in total. The maximum atomic E-state index is 13.0. The smallest absolute Gasteiger partial charge is 0.254 e. The number of nitrogens with one attached hydrogen (secondary N) is 1. The Morgan fingerprint density at radius 3 is 2.77 bits per heavy atom. The molecular formula is C18H14BrClN2O4. The van der Waals surface area contributed by atoms with Gasteiger partial charge in [0.2, 0.25) is 12.7 Å². The molecule has 2 aromatic carbocycles. The molecule has 6 nitrogen and oxygen atoms in total. The van der Waals surface area contributed by atoms with Crippen LogP contribution in [0.15, 0.2) is 34.8 Å². The molecule has 2 aromatic rings. The lowest BCUT2D eigenvalue weighted by Crippen LogP contribution is -2.36. The molecule has 4 rings (SSSR count). The lowest BCUT2D eigenvalue weighted by atomic mass is 10.1. The maximum absolute atomic E-state index is 13.0. The van der Waals surface area contributed by atoms with E-state index in [0.717, 1.165) is 21.3 Å². The third-order valence-electron chi connectivity index (χ3n) is 4.32. The first-order valence-electron chi connectivity index (χ1n) is 7.90. The van der Waals surface area contributed by atoms with Crippen LogP contribution < -0.4 is 19.7 Å². The first-order chi connectivity index (χ1) is 12.4. The van der Waals surface area contributed by atoms with Crippen molar-refractivity contribution in [1.82, 2.24) is 5.32 Å². The number of hydrogen-bond acceptors (Lipinski definition) is 4. The van der Waals surface area contributed by atoms with E-state index >= 15 is 0 Å². The van der Waals surface area contributed by atoms with Gasteiger partial charge in [-0.05, 0) is 29.8 Å². The highest BCUT2D eigenvalue weighted by Crippen LogP contribution is 2.41. The highest BCUT2D eigenvalue weighted by Gasteiger charge is 2.38. The molecular weight excluding hydrogens is 424 g/mol. The molecule has 0 fully saturated rings. The van der Waals surface area contributed by atoms with Crippen LogP contribution in [0.25, 0.3) is 0 Å². The van der Waals surface area contributed by atoms with E-state index in [0.29, 0.717) is 16.5 Å². The van der Waals surface area contributed by atoms with Crippen molar-refractivity contribution >= 4 is 45.0 Å². The lowest BCUT2D eigenvalue weighted by Gasteiger charge is -2.19. The number of rotatable bonds is 3. The minimum absolute atomic E-state index is 0.152. The van der Waals surface area contributed by atoms with E-state index in [1.54, 1.807) is 17.0 Å². The summed E-state index contributed by atoms with van der Waals surface area (Å²) in [4.78, 5) is 26.1. The Labute approximate surface area is 163 Å². The molecule has 0 aromatic heterocycles. The van der Waals surface area contributed by atoms with E-state index in [9.17, 15) is 9.59 Å². The van der Waals surface area contributed by atoms with Gasteiger partial charge >= 0.3 is 0 Å². The molecule has 0 bridgehead atoms. The average molecular weight is 438 g/mol. The number of amides is 2. The van der Waals surface area contributed by atoms with Crippen molar-refractivity contribution in [3.8, 4) is 11.5 Å². The first kappa shape index (κ1) is 17.2. The summed E-state index contributed by atoms with van der Waals surface area (Å²) in [5.74, 6) is 0.719. The number of fused-ring (bicyclic) bond motifs is 2. The maximum Gasteiger partial charge on any atom is 0.254 e. The molecule has 8 heteroatoms. The fraction of sp³-hybridized carbons (Fsp3) is 0.222. The Bertz CT molecular complexity index is 934. The van der Waals surface area contributed by atoms with E-state index < -0.39 is 6.04 Å². The van der Waals surface area contributed by atoms with E-state index in [1.165, 1.54) is 6.92 Å². The molecule has 0 unspecified atom stereocenters. The molecule has 26 heavy (non-hydrogen) atoms. The molecule has 2 aliphatic heterocycles. The highest BCUT2D eigenvalue weighted by molar-refractivity contribution is 9.10. The van der Waals surface area contributed by atoms with Crippen LogP contribution in [0.1, 0.15) is 24.1 Å². The Hall–Kier alpha value is -2.25. The van der Waals surface area contributed by atoms with Gasteiger partial charge in [0.25, 0.3) is 5.91 Å². The van der Waals surface area contributed by atoms with Crippen LogP contribution in [0.5, 0.6) is 11.5 Å². The fourth-order valence-corrected chi connectivity index (χ4v) is 3.76. The third-order valence-corrected chi connectivity index (χ3v) is 5.17. The Balaban J connectivity index is 1.71. The number of nitrogens with zero attached hydrogens (tertiary/aromatic N) is 1. The number of carbonyl (C=O) groups is 2. The molecule has 0 spiro atoms. The van der Waals surface area contributed by atoms with Crippen molar-refractivity contribution in [3.63, 3.8) is 0 Å². The topological polar surface area (TPSA) is 67.9 Å². The van der Waals surface area contributed by atoms with Gasteiger partial charge in [0.05, 0.1) is 6.54 Å². The van der Waals surface area contributed by atoms with Gasteiger partial charge in [0, 0.05) is 33.7 Å². The molecule has 0 aliphatic carbocycles. The van der Waals surface area contributed by atoms with Gasteiger partial charge in [-0.25, -0.2) is 0 Å². The Morgan fingerprint density at radius 2 is 2.04 bits per heavy atom. The molecule has 0 radical (unpaired) electrons. The predicted molar refractivity (Wildman–Crippen MR) is 99.5 cm³/mol. The van der Waals surface area contributed by atoms with Crippen LogP contribution in [0, 0.1) is 0 Å². The average Bonchev–Trinajstić information content (AvgIpc) is 3.12. The zero-order valence-corrected chi connectivity index (χ0v) is 16.1. The van der Waals surface area contributed by atoms with Gasteiger partial charge in [-0.15, -0.1) is 0 Å². The quantitative estimate of drug-likeness (QED) is 0.797. The van der Waals surface area contributed by atoms with Crippen molar-refractivity contribution in [2.24, 2.45) is 0 Å². The lowest BCUT2D eigenvalue weighted by molar-refractivity contribution is -0.126. The summed E-state index contributed by atoms with van der Waals surface area (Å²) < 4.78 is 11.5. The van der Waals surface area contributed by atoms with Gasteiger partial charge in [-0.1, -0.05) is 27.5 Å². The number of anilines is 1. The second-order valence-corrected chi connectivity index (χ2v) is 7.38. The van der Waals surface area contributed by atoms with Gasteiger partial charge in [0.1, 0.15) is 6.04 Å². The van der Waals surface area contributed by atoms with Gasteiger partial charge in [-0.3, -0.25) is 9.59 Å². The van der Waals surface area contributed by atoms with Crippen LogP contribution in [-0.4, -0.2) is 18.6 Å². The van der Waals surface area contributed by atoms with Crippen LogP contribution >= 0.6 is 27.5 Å². The largest absolute Gasteiger partial charge is 0.454 e. The van der Waals surface area contributed by atoms with Crippen molar-refractivity contribution in [2.75, 3.05) is 11.7 Å². The first-order valence-corrected chi connectivity index (χ1v) is 9.07. The Morgan fingerprint density at radius 1 is 1.31 bits per heavy atom. The number of ether oxygens (including phenoxy) is 2. The van der Waals surface area contributed by atoms with E-state index in [4.69, 9.17) is 21.1 Å². The van der Waals surface area contributed by atoms with Gasteiger partial charge in [0.15, 0.2) is 11.5 Å². The number of halogens is 2. The summed E-state index contributed by atoms with van der Waals surface area (Å²) in [7, 11) is 0. The molecule has 134 valence electrons. The zero-order chi connectivity index (χ0) is 18.4. The number of carbonyl (C=O) groups excluding carboxylic acids is 2. The van der Waals surface area contributed by atoms with Crippen molar-refractivity contribution in [2.45, 2.75) is 19.5 Å². The van der Waals surface area contributed by atoms with Crippen molar-refractivity contribution in [3.05, 3.63) is 51.0 Å². The Kier molecular flexibility index (Phi) is 4.28. The second-order valence-electron chi connectivity index (χ2n) is 6.06. The minimum atomic E-state index is -0.715.